The van der Waals surface area contributed by atoms with Crippen molar-refractivity contribution in [2.24, 2.45) is 5.92 Å². The van der Waals surface area contributed by atoms with Crippen molar-refractivity contribution in [1.29, 1.82) is 0 Å². The fourth-order valence-electron chi connectivity index (χ4n) is 2.32. The molecule has 3 aliphatic heterocycles. The van der Waals surface area contributed by atoms with Crippen LogP contribution < -0.4 is 0 Å². The van der Waals surface area contributed by atoms with Gasteiger partial charge in [0, 0.05) is 0 Å². The maximum atomic E-state index is 5.93. The molecule has 0 N–H and O–H groups in total. The number of rotatable bonds is 1. The van der Waals surface area contributed by atoms with Gasteiger partial charge in [-0.25, -0.2) is 0 Å². The third-order valence-electron chi connectivity index (χ3n) is 3.29. The standard InChI is InChI=1S/C8H15ClN/c9-7-10-4-1-8(2-5-10)3-6-10/h8H,1-7H2/q+1. The molecule has 3 heterocycles. The van der Waals surface area contributed by atoms with E-state index in [2.05, 4.69) is 0 Å². The quantitative estimate of drug-likeness (QED) is 0.312. The topological polar surface area (TPSA) is 0 Å². The summed E-state index contributed by atoms with van der Waals surface area (Å²) in [4.78, 5) is 0. The van der Waals surface area contributed by atoms with Crippen molar-refractivity contribution in [2.75, 3.05) is 25.6 Å². The Morgan fingerprint density at radius 3 is 1.90 bits per heavy atom. The molecule has 0 aromatic heterocycles. The van der Waals surface area contributed by atoms with Crippen molar-refractivity contribution in [3.63, 3.8) is 0 Å². The van der Waals surface area contributed by atoms with Gasteiger partial charge in [0.15, 0.2) is 6.00 Å². The SMILES string of the molecule is ClC[N+]12CCC(CC1)CC2. The molecule has 3 saturated heterocycles. The van der Waals surface area contributed by atoms with Gasteiger partial charge in [0.2, 0.25) is 0 Å². The smallest absolute Gasteiger partial charge is 0.154 e. The highest BCUT2D eigenvalue weighted by atomic mass is 35.5. The van der Waals surface area contributed by atoms with Crippen LogP contribution in [0.5, 0.6) is 0 Å². The highest BCUT2D eigenvalue weighted by Gasteiger charge is 2.38. The first kappa shape index (κ1) is 6.93. The van der Waals surface area contributed by atoms with Crippen molar-refractivity contribution in [3.8, 4) is 0 Å². The van der Waals surface area contributed by atoms with Gasteiger partial charge in [0.25, 0.3) is 0 Å². The number of quaternary nitrogens is 1. The summed E-state index contributed by atoms with van der Waals surface area (Å²) >= 11 is 5.93. The molecule has 0 atom stereocenters. The highest BCUT2D eigenvalue weighted by molar-refractivity contribution is 6.17. The van der Waals surface area contributed by atoms with E-state index in [0.29, 0.717) is 0 Å². The van der Waals surface area contributed by atoms with Crippen LogP contribution in [-0.2, 0) is 0 Å². The van der Waals surface area contributed by atoms with E-state index in [9.17, 15) is 0 Å². The van der Waals surface area contributed by atoms with Crippen LogP contribution >= 0.6 is 11.6 Å². The second-order valence-corrected chi connectivity index (χ2v) is 4.10. The molecule has 0 unspecified atom stereocenters. The first-order valence-corrected chi connectivity index (χ1v) is 4.79. The van der Waals surface area contributed by atoms with Gasteiger partial charge >= 0.3 is 0 Å². The van der Waals surface area contributed by atoms with Gasteiger partial charge in [-0.3, -0.25) is 0 Å². The van der Waals surface area contributed by atoms with Gasteiger partial charge < -0.3 is 4.48 Å². The maximum absolute atomic E-state index is 5.93. The first-order valence-electron chi connectivity index (χ1n) is 4.26. The average Bonchev–Trinajstić information content (AvgIpc) is 2.08. The van der Waals surface area contributed by atoms with E-state index >= 15 is 0 Å². The minimum atomic E-state index is 0.854. The third-order valence-corrected chi connectivity index (χ3v) is 3.80. The first-order chi connectivity index (χ1) is 4.85. The number of hydrogen-bond donors (Lipinski definition) is 0. The molecule has 0 amide bonds. The van der Waals surface area contributed by atoms with E-state index < -0.39 is 0 Å². The molecule has 0 spiro atoms. The minimum Gasteiger partial charge on any atom is -0.311 e. The predicted molar refractivity (Wildman–Crippen MR) is 42.9 cm³/mol. The Morgan fingerprint density at radius 1 is 1.10 bits per heavy atom. The molecule has 0 aromatic rings. The Labute approximate surface area is 67.6 Å². The largest absolute Gasteiger partial charge is 0.311 e. The Bertz CT molecular complexity index is 113. The number of halogens is 1. The Kier molecular flexibility index (Phi) is 1.65. The summed E-state index contributed by atoms with van der Waals surface area (Å²) in [6, 6.07) is 0.854. The van der Waals surface area contributed by atoms with Crippen LogP contribution in [0.2, 0.25) is 0 Å². The molecule has 10 heavy (non-hydrogen) atoms. The lowest BCUT2D eigenvalue weighted by Crippen LogP contribution is -2.57. The Balaban J connectivity index is 2.08. The van der Waals surface area contributed by atoms with Gasteiger partial charge in [0.1, 0.15) is 0 Å². The fourth-order valence-corrected chi connectivity index (χ4v) is 2.68. The third kappa shape index (κ3) is 0.960. The van der Waals surface area contributed by atoms with E-state index in [1.54, 1.807) is 0 Å². The zero-order valence-electron chi connectivity index (χ0n) is 6.35. The number of hydrogen-bond acceptors (Lipinski definition) is 0. The van der Waals surface area contributed by atoms with Crippen molar-refractivity contribution in [2.45, 2.75) is 19.3 Å². The molecule has 3 rings (SSSR count). The van der Waals surface area contributed by atoms with Crippen LogP contribution in [-0.4, -0.2) is 30.1 Å². The molecular weight excluding hydrogens is 146 g/mol. The van der Waals surface area contributed by atoms with Crippen LogP contribution in [0, 0.1) is 5.92 Å². The van der Waals surface area contributed by atoms with Crippen LogP contribution in [0.4, 0.5) is 0 Å². The normalized spacial score (nSPS) is 45.9. The number of alkyl halides is 1. The second-order valence-electron chi connectivity index (χ2n) is 3.86. The van der Waals surface area contributed by atoms with E-state index in [-0.39, 0.29) is 0 Å². The molecule has 0 radical (unpaired) electrons. The summed E-state index contributed by atoms with van der Waals surface area (Å²) < 4.78 is 1.22. The number of piperidine rings is 3. The maximum Gasteiger partial charge on any atom is 0.154 e. The van der Waals surface area contributed by atoms with E-state index in [1.165, 1.54) is 43.4 Å². The Hall–Kier alpha value is 0.250. The molecule has 0 aromatic carbocycles. The zero-order valence-corrected chi connectivity index (χ0v) is 7.11. The Morgan fingerprint density at radius 2 is 1.60 bits per heavy atom. The van der Waals surface area contributed by atoms with Crippen LogP contribution in [0.1, 0.15) is 19.3 Å². The summed E-state index contributed by atoms with van der Waals surface area (Å²) in [5.74, 6) is 1.06. The lowest BCUT2D eigenvalue weighted by atomic mass is 9.86. The lowest BCUT2D eigenvalue weighted by molar-refractivity contribution is -0.932. The van der Waals surface area contributed by atoms with Gasteiger partial charge in [0.05, 0.1) is 19.6 Å². The zero-order chi connectivity index (χ0) is 7.03. The molecule has 3 fully saturated rings. The lowest BCUT2D eigenvalue weighted by Gasteiger charge is -2.47. The summed E-state index contributed by atoms with van der Waals surface area (Å²) in [5.41, 5.74) is 0. The van der Waals surface area contributed by atoms with E-state index in [4.69, 9.17) is 11.6 Å². The predicted octanol–water partition coefficient (Wildman–Crippen LogP) is 1.81. The van der Waals surface area contributed by atoms with E-state index in [0.717, 1.165) is 11.9 Å². The van der Waals surface area contributed by atoms with Crippen LogP contribution in [0.25, 0.3) is 0 Å². The molecule has 0 saturated carbocycles. The minimum absolute atomic E-state index is 0.854. The molecular formula is C8H15ClN+. The van der Waals surface area contributed by atoms with Gasteiger partial charge in [-0.15, -0.1) is 0 Å². The van der Waals surface area contributed by atoms with Crippen molar-refractivity contribution < 1.29 is 4.48 Å². The summed E-state index contributed by atoms with van der Waals surface area (Å²) in [7, 11) is 0. The molecule has 1 nitrogen and oxygen atoms in total. The molecule has 2 bridgehead atoms. The average molecular weight is 161 g/mol. The number of fused-ring (bicyclic) bond motifs is 3. The molecule has 2 heteroatoms. The van der Waals surface area contributed by atoms with Crippen molar-refractivity contribution >= 4 is 11.6 Å². The summed E-state index contributed by atoms with van der Waals surface area (Å²) in [5, 5.41) is 0. The summed E-state index contributed by atoms with van der Waals surface area (Å²) in [6.07, 6.45) is 4.31. The summed E-state index contributed by atoms with van der Waals surface area (Å²) in [6.45, 7) is 4.07. The second kappa shape index (κ2) is 2.38. The van der Waals surface area contributed by atoms with E-state index in [1.807, 2.05) is 0 Å². The van der Waals surface area contributed by atoms with Crippen molar-refractivity contribution in [3.05, 3.63) is 0 Å². The van der Waals surface area contributed by atoms with Gasteiger partial charge in [-0.05, 0) is 25.2 Å². The van der Waals surface area contributed by atoms with Gasteiger partial charge in [-0.1, -0.05) is 11.6 Å². The monoisotopic (exact) mass is 160 g/mol. The van der Waals surface area contributed by atoms with Crippen LogP contribution in [0.15, 0.2) is 0 Å². The fraction of sp³-hybridized carbons (Fsp3) is 1.00. The van der Waals surface area contributed by atoms with Crippen LogP contribution in [0.3, 0.4) is 0 Å². The molecule has 3 aliphatic rings. The number of nitrogens with zero attached hydrogens (tertiary/aromatic N) is 1. The van der Waals surface area contributed by atoms with Gasteiger partial charge in [-0.2, -0.15) is 0 Å². The molecule has 58 valence electrons. The highest BCUT2D eigenvalue weighted by Crippen LogP contribution is 2.33. The molecule has 0 aliphatic carbocycles. The van der Waals surface area contributed by atoms with Crippen molar-refractivity contribution in [1.82, 2.24) is 0 Å².